The van der Waals surface area contributed by atoms with Gasteiger partial charge in [-0.05, 0) is 24.1 Å². The molecule has 1 amide bonds. The molecule has 1 aromatic carbocycles. The van der Waals surface area contributed by atoms with E-state index < -0.39 is 5.41 Å². The van der Waals surface area contributed by atoms with E-state index in [2.05, 4.69) is 0 Å². The summed E-state index contributed by atoms with van der Waals surface area (Å²) in [6.45, 7) is 3.85. The summed E-state index contributed by atoms with van der Waals surface area (Å²) in [6.07, 6.45) is 1.40. The molecule has 2 rings (SSSR count). The third kappa shape index (κ3) is 1.78. The molecule has 0 aromatic heterocycles. The Hall–Kier alpha value is -1.84. The molecule has 0 saturated carbocycles. The third-order valence-electron chi connectivity index (χ3n) is 3.44. The number of aldehydes is 1. The summed E-state index contributed by atoms with van der Waals surface area (Å²) in [5, 5.41) is 0. The number of methoxy groups -OCH3 is 1. The minimum atomic E-state index is -0.421. The SMILES string of the molecule is COc1cc2c(cc1C=O)N(C)C(=O)C(C)(C)C2. The second kappa shape index (κ2) is 4.12. The van der Waals surface area contributed by atoms with Crippen molar-refractivity contribution in [3.63, 3.8) is 0 Å². The number of hydrogen-bond acceptors (Lipinski definition) is 3. The van der Waals surface area contributed by atoms with Crippen molar-refractivity contribution in [2.75, 3.05) is 19.1 Å². The van der Waals surface area contributed by atoms with E-state index >= 15 is 0 Å². The monoisotopic (exact) mass is 247 g/mol. The van der Waals surface area contributed by atoms with Gasteiger partial charge in [0.1, 0.15) is 5.75 Å². The molecule has 96 valence electrons. The molecule has 1 aliphatic rings. The summed E-state index contributed by atoms with van der Waals surface area (Å²) < 4.78 is 5.20. The van der Waals surface area contributed by atoms with Crippen molar-refractivity contribution in [1.82, 2.24) is 0 Å². The second-order valence-corrected chi connectivity index (χ2v) is 5.27. The van der Waals surface area contributed by atoms with Crippen molar-refractivity contribution in [1.29, 1.82) is 0 Å². The van der Waals surface area contributed by atoms with Gasteiger partial charge in [0.15, 0.2) is 6.29 Å². The quantitative estimate of drug-likeness (QED) is 0.751. The number of anilines is 1. The Balaban J connectivity index is 2.61. The maximum absolute atomic E-state index is 12.2. The van der Waals surface area contributed by atoms with E-state index in [1.165, 1.54) is 7.11 Å². The number of carbonyl (C=O) groups excluding carboxylic acids is 2. The normalized spacial score (nSPS) is 17.3. The lowest BCUT2D eigenvalue weighted by Crippen LogP contribution is -2.44. The summed E-state index contributed by atoms with van der Waals surface area (Å²) in [5.74, 6) is 0.624. The van der Waals surface area contributed by atoms with Gasteiger partial charge >= 0.3 is 0 Å². The van der Waals surface area contributed by atoms with E-state index in [0.29, 0.717) is 17.7 Å². The molecule has 0 N–H and O–H groups in total. The zero-order chi connectivity index (χ0) is 13.5. The zero-order valence-corrected chi connectivity index (χ0v) is 11.1. The second-order valence-electron chi connectivity index (χ2n) is 5.27. The lowest BCUT2D eigenvalue weighted by molar-refractivity contribution is -0.126. The van der Waals surface area contributed by atoms with E-state index in [9.17, 15) is 9.59 Å². The van der Waals surface area contributed by atoms with Crippen molar-refractivity contribution < 1.29 is 14.3 Å². The molecule has 0 spiro atoms. The van der Waals surface area contributed by atoms with Crippen molar-refractivity contribution in [3.05, 3.63) is 23.3 Å². The molecule has 0 bridgehead atoms. The van der Waals surface area contributed by atoms with Crippen LogP contribution >= 0.6 is 0 Å². The first-order valence-electron chi connectivity index (χ1n) is 5.85. The fourth-order valence-electron chi connectivity index (χ4n) is 2.46. The van der Waals surface area contributed by atoms with Crippen LogP contribution in [0.15, 0.2) is 12.1 Å². The molecule has 0 unspecified atom stereocenters. The highest BCUT2D eigenvalue weighted by Gasteiger charge is 2.37. The maximum Gasteiger partial charge on any atom is 0.232 e. The fraction of sp³-hybridized carbons (Fsp3) is 0.429. The number of hydrogen-bond donors (Lipinski definition) is 0. The van der Waals surface area contributed by atoms with Crippen LogP contribution in [0.1, 0.15) is 29.8 Å². The molecule has 0 atom stereocenters. The van der Waals surface area contributed by atoms with Gasteiger partial charge in [-0.1, -0.05) is 13.8 Å². The third-order valence-corrected chi connectivity index (χ3v) is 3.44. The Morgan fingerprint density at radius 3 is 2.61 bits per heavy atom. The first kappa shape index (κ1) is 12.6. The van der Waals surface area contributed by atoms with E-state index in [-0.39, 0.29) is 5.91 Å². The van der Waals surface area contributed by atoms with Gasteiger partial charge in [-0.2, -0.15) is 0 Å². The van der Waals surface area contributed by atoms with Crippen LogP contribution in [0.5, 0.6) is 5.75 Å². The molecular formula is C14H17NO3. The molecule has 4 heteroatoms. The first-order chi connectivity index (χ1) is 8.40. The molecule has 18 heavy (non-hydrogen) atoms. The maximum atomic E-state index is 12.2. The number of fused-ring (bicyclic) bond motifs is 1. The molecule has 0 saturated heterocycles. The number of nitrogens with zero attached hydrogens (tertiary/aromatic N) is 1. The summed E-state index contributed by atoms with van der Waals surface area (Å²) in [4.78, 5) is 24.8. The Bertz CT molecular complexity index is 520. The Morgan fingerprint density at radius 1 is 1.39 bits per heavy atom. The molecule has 4 nitrogen and oxygen atoms in total. The van der Waals surface area contributed by atoms with E-state index in [4.69, 9.17) is 4.74 Å². The van der Waals surface area contributed by atoms with Crippen LogP contribution in [0.25, 0.3) is 0 Å². The van der Waals surface area contributed by atoms with Crippen LogP contribution in [-0.2, 0) is 11.2 Å². The van der Waals surface area contributed by atoms with Gasteiger partial charge in [-0.3, -0.25) is 9.59 Å². The summed E-state index contributed by atoms with van der Waals surface area (Å²) in [7, 11) is 3.28. The van der Waals surface area contributed by atoms with E-state index in [1.807, 2.05) is 19.9 Å². The average Bonchev–Trinajstić information content (AvgIpc) is 2.34. The Morgan fingerprint density at radius 2 is 2.06 bits per heavy atom. The summed E-state index contributed by atoms with van der Waals surface area (Å²) in [5.41, 5.74) is 1.87. The van der Waals surface area contributed by atoms with Crippen LogP contribution in [0.3, 0.4) is 0 Å². The fourth-order valence-corrected chi connectivity index (χ4v) is 2.46. The number of amides is 1. The first-order valence-corrected chi connectivity index (χ1v) is 5.85. The lowest BCUT2D eigenvalue weighted by Gasteiger charge is -2.36. The number of carbonyl (C=O) groups is 2. The van der Waals surface area contributed by atoms with Gasteiger partial charge in [-0.15, -0.1) is 0 Å². The van der Waals surface area contributed by atoms with Crippen molar-refractivity contribution in [2.24, 2.45) is 5.41 Å². The highest BCUT2D eigenvalue weighted by Crippen LogP contribution is 2.39. The smallest absolute Gasteiger partial charge is 0.232 e. The van der Waals surface area contributed by atoms with E-state index in [0.717, 1.165) is 17.5 Å². The average molecular weight is 247 g/mol. The molecular weight excluding hydrogens is 230 g/mol. The lowest BCUT2D eigenvalue weighted by atomic mass is 9.80. The largest absolute Gasteiger partial charge is 0.496 e. The Kier molecular flexibility index (Phi) is 2.89. The minimum Gasteiger partial charge on any atom is -0.496 e. The zero-order valence-electron chi connectivity index (χ0n) is 11.1. The predicted octanol–water partition coefficient (Wildman–Crippen LogP) is 2.05. The molecule has 1 aromatic rings. The number of ether oxygens (including phenoxy) is 1. The molecule has 0 fully saturated rings. The van der Waals surface area contributed by atoms with Crippen LogP contribution in [0.2, 0.25) is 0 Å². The van der Waals surface area contributed by atoms with Gasteiger partial charge in [0.05, 0.1) is 12.7 Å². The highest BCUT2D eigenvalue weighted by atomic mass is 16.5. The standard InChI is InChI=1S/C14H17NO3/c1-14(2)7-9-6-12(18-4)10(8-16)5-11(9)15(3)13(14)17/h5-6,8H,7H2,1-4H3. The number of benzene rings is 1. The topological polar surface area (TPSA) is 46.6 Å². The van der Waals surface area contributed by atoms with Gasteiger partial charge in [0.25, 0.3) is 0 Å². The van der Waals surface area contributed by atoms with Crippen LogP contribution in [0.4, 0.5) is 5.69 Å². The molecule has 0 aliphatic carbocycles. The van der Waals surface area contributed by atoms with Crippen LogP contribution in [0, 0.1) is 5.41 Å². The van der Waals surface area contributed by atoms with Gasteiger partial charge in [0, 0.05) is 18.2 Å². The number of rotatable bonds is 2. The van der Waals surface area contributed by atoms with Gasteiger partial charge in [0.2, 0.25) is 5.91 Å². The van der Waals surface area contributed by atoms with Crippen LogP contribution < -0.4 is 9.64 Å². The van der Waals surface area contributed by atoms with Gasteiger partial charge in [-0.25, -0.2) is 0 Å². The highest BCUT2D eigenvalue weighted by molar-refractivity contribution is 6.01. The van der Waals surface area contributed by atoms with Gasteiger partial charge < -0.3 is 9.64 Å². The van der Waals surface area contributed by atoms with Crippen molar-refractivity contribution in [2.45, 2.75) is 20.3 Å². The van der Waals surface area contributed by atoms with Crippen molar-refractivity contribution in [3.8, 4) is 5.75 Å². The Labute approximate surface area is 107 Å². The molecule has 1 aliphatic heterocycles. The van der Waals surface area contributed by atoms with E-state index in [1.54, 1.807) is 18.0 Å². The summed E-state index contributed by atoms with van der Waals surface area (Å²) >= 11 is 0. The van der Waals surface area contributed by atoms with Crippen molar-refractivity contribution >= 4 is 17.9 Å². The minimum absolute atomic E-state index is 0.0667. The molecule has 0 radical (unpaired) electrons. The molecule has 1 heterocycles. The summed E-state index contributed by atoms with van der Waals surface area (Å²) in [6, 6.07) is 3.57. The predicted molar refractivity (Wildman–Crippen MR) is 69.3 cm³/mol. The van der Waals surface area contributed by atoms with Crippen LogP contribution in [-0.4, -0.2) is 26.4 Å².